The second-order valence-corrected chi connectivity index (χ2v) is 15.6. The Labute approximate surface area is 311 Å². The summed E-state index contributed by atoms with van der Waals surface area (Å²) in [6.45, 7) is 9.24. The largest absolute Gasteiger partial charge is 0.493 e. The number of hydrogen-bond donors (Lipinski definition) is 3. The van der Waals surface area contributed by atoms with Gasteiger partial charge in [-0.25, -0.2) is 13.4 Å². The summed E-state index contributed by atoms with van der Waals surface area (Å²) in [6.07, 6.45) is 6.65. The molecule has 52 heavy (non-hydrogen) atoms. The molecule has 2 aliphatic heterocycles. The number of benzene rings is 2. The maximum atomic E-state index is 13.5. The number of sulfonamides is 1. The van der Waals surface area contributed by atoms with Crippen LogP contribution in [-0.4, -0.2) is 81.5 Å². The van der Waals surface area contributed by atoms with Gasteiger partial charge >= 0.3 is 0 Å². The SMILES string of the molecule is C1CCOCC1.C1CCOCC1.COc1ccccc1Oc1c(NS(=O)(=O)c2ccc(C(C)(C)C)cc2)nc(-c2ccsc2)nc1OC[C@H](O)CO. The van der Waals surface area contributed by atoms with Crippen LogP contribution in [0.2, 0.25) is 0 Å². The lowest BCUT2D eigenvalue weighted by Crippen LogP contribution is -2.22. The molecular formula is C38H51N3O9S2. The van der Waals surface area contributed by atoms with Crippen LogP contribution >= 0.6 is 11.3 Å². The lowest BCUT2D eigenvalue weighted by Gasteiger charge is -2.20. The van der Waals surface area contributed by atoms with Crippen molar-refractivity contribution < 1.29 is 42.3 Å². The maximum Gasteiger partial charge on any atom is 0.263 e. The highest BCUT2D eigenvalue weighted by Crippen LogP contribution is 2.42. The number of ether oxygens (including phenoxy) is 5. The molecule has 284 valence electrons. The number of aliphatic hydroxyl groups is 2. The zero-order chi connectivity index (χ0) is 37.4. The first-order chi connectivity index (χ1) is 25.0. The average Bonchev–Trinajstić information content (AvgIpc) is 3.72. The van der Waals surface area contributed by atoms with Gasteiger partial charge in [0.1, 0.15) is 12.7 Å². The van der Waals surface area contributed by atoms with Crippen molar-refractivity contribution in [2.45, 2.75) is 75.7 Å². The third kappa shape index (κ3) is 12.7. The van der Waals surface area contributed by atoms with Crippen LogP contribution < -0.4 is 18.9 Å². The highest BCUT2D eigenvalue weighted by molar-refractivity contribution is 7.92. The number of hydrogen-bond acceptors (Lipinski definition) is 12. The third-order valence-corrected chi connectivity index (χ3v) is 9.97. The quantitative estimate of drug-likeness (QED) is 0.142. The summed E-state index contributed by atoms with van der Waals surface area (Å²) in [7, 11) is -2.67. The van der Waals surface area contributed by atoms with Gasteiger partial charge in [0, 0.05) is 37.4 Å². The Bertz CT molecular complexity index is 1700. The van der Waals surface area contributed by atoms with Crippen molar-refractivity contribution in [3.05, 3.63) is 70.9 Å². The maximum absolute atomic E-state index is 13.5. The number of thiophene rings is 1. The van der Waals surface area contributed by atoms with Crippen LogP contribution in [0.5, 0.6) is 23.1 Å². The summed E-state index contributed by atoms with van der Waals surface area (Å²) >= 11 is 1.41. The molecule has 4 aromatic rings. The molecule has 0 aliphatic carbocycles. The number of aliphatic hydroxyl groups excluding tert-OH is 2. The first-order valence-electron chi connectivity index (χ1n) is 17.5. The van der Waals surface area contributed by atoms with Gasteiger partial charge in [-0.2, -0.15) is 16.3 Å². The standard InChI is InChI=1S/C28H31N3O7S2.2C5H10O/c1-28(2,3)19-9-11-21(12-10-19)40(34,35)31-26-24(38-23-8-6-5-7-22(23)36-4)27(37-16-20(33)15-32)30-25(29-26)18-13-14-39-17-18;2*1-2-4-6-5-3-1/h5-14,17,20,32-33H,15-16H2,1-4H3,(H,29,30,31);2*1-5H2/t20-;;/m1../s1. The molecule has 0 bridgehead atoms. The fourth-order valence-electron chi connectivity index (χ4n) is 4.95. The van der Waals surface area contributed by atoms with Crippen molar-refractivity contribution >= 4 is 27.2 Å². The lowest BCUT2D eigenvalue weighted by atomic mass is 9.87. The van der Waals surface area contributed by atoms with E-state index in [0.717, 1.165) is 32.0 Å². The van der Waals surface area contributed by atoms with Crippen molar-refractivity contribution in [1.82, 2.24) is 9.97 Å². The summed E-state index contributed by atoms with van der Waals surface area (Å²) in [6, 6.07) is 15.1. The van der Waals surface area contributed by atoms with Crippen molar-refractivity contribution in [2.24, 2.45) is 0 Å². The van der Waals surface area contributed by atoms with Gasteiger partial charge in [0.25, 0.3) is 15.9 Å². The Morgan fingerprint density at radius 3 is 1.98 bits per heavy atom. The molecule has 0 unspecified atom stereocenters. The zero-order valence-corrected chi connectivity index (χ0v) is 32.0. The van der Waals surface area contributed by atoms with E-state index in [1.54, 1.807) is 47.8 Å². The van der Waals surface area contributed by atoms with E-state index in [4.69, 9.17) is 23.7 Å². The Hall–Kier alpha value is -3.79. The van der Waals surface area contributed by atoms with Crippen molar-refractivity contribution in [1.29, 1.82) is 0 Å². The van der Waals surface area contributed by atoms with E-state index in [9.17, 15) is 18.6 Å². The van der Waals surface area contributed by atoms with Crippen molar-refractivity contribution in [2.75, 3.05) is 51.5 Å². The number of para-hydroxylation sites is 2. The molecule has 0 saturated carbocycles. The smallest absolute Gasteiger partial charge is 0.263 e. The number of anilines is 1. The van der Waals surface area contributed by atoms with Crippen LogP contribution in [0.15, 0.2) is 70.3 Å². The van der Waals surface area contributed by atoms with Gasteiger partial charge < -0.3 is 33.9 Å². The highest BCUT2D eigenvalue weighted by Gasteiger charge is 2.26. The zero-order valence-electron chi connectivity index (χ0n) is 30.4. The monoisotopic (exact) mass is 757 g/mol. The lowest BCUT2D eigenvalue weighted by molar-refractivity contribution is 0.0513. The summed E-state index contributed by atoms with van der Waals surface area (Å²) < 4.78 is 57.0. The van der Waals surface area contributed by atoms with Gasteiger partial charge in [-0.15, -0.1) is 0 Å². The van der Waals surface area contributed by atoms with E-state index < -0.39 is 22.7 Å². The fourth-order valence-corrected chi connectivity index (χ4v) is 6.58. The molecule has 2 aromatic heterocycles. The highest BCUT2D eigenvalue weighted by atomic mass is 32.2. The molecule has 2 aromatic carbocycles. The van der Waals surface area contributed by atoms with Gasteiger partial charge in [0.05, 0.1) is 18.6 Å². The van der Waals surface area contributed by atoms with Crippen LogP contribution in [0, 0.1) is 0 Å². The Morgan fingerprint density at radius 2 is 1.50 bits per heavy atom. The van der Waals surface area contributed by atoms with Crippen LogP contribution in [0.3, 0.4) is 0 Å². The Kier molecular flexibility index (Phi) is 16.1. The molecule has 1 atom stereocenters. The van der Waals surface area contributed by atoms with Gasteiger partial charge in [0.15, 0.2) is 23.1 Å². The topological polar surface area (TPSA) is 159 Å². The minimum absolute atomic E-state index is 0.0256. The number of nitrogens with one attached hydrogen (secondary N) is 1. The van der Waals surface area contributed by atoms with Crippen LogP contribution in [0.25, 0.3) is 11.4 Å². The summed E-state index contributed by atoms with van der Waals surface area (Å²) in [5.74, 6) is 0.314. The van der Waals surface area contributed by atoms with E-state index in [1.165, 1.54) is 69.1 Å². The first-order valence-corrected chi connectivity index (χ1v) is 19.9. The molecule has 2 fully saturated rings. The Balaban J connectivity index is 0.000000423. The summed E-state index contributed by atoms with van der Waals surface area (Å²) in [5.41, 5.74) is 1.45. The van der Waals surface area contributed by atoms with Gasteiger partial charge in [0.2, 0.25) is 5.75 Å². The number of rotatable bonds is 11. The minimum Gasteiger partial charge on any atom is -0.493 e. The molecule has 14 heteroatoms. The fraction of sp³-hybridized carbons (Fsp3) is 0.474. The second-order valence-electron chi connectivity index (χ2n) is 13.2. The van der Waals surface area contributed by atoms with Crippen molar-refractivity contribution in [3.8, 4) is 34.5 Å². The predicted octanol–water partition coefficient (Wildman–Crippen LogP) is 7.21. The molecule has 6 rings (SSSR count). The second kappa shape index (κ2) is 20.5. The Morgan fingerprint density at radius 1 is 0.885 bits per heavy atom. The molecule has 3 N–H and O–H groups in total. The minimum atomic E-state index is -4.14. The van der Waals surface area contributed by atoms with Gasteiger partial charge in [-0.05, 0) is 85.2 Å². The number of methoxy groups -OCH3 is 1. The molecule has 12 nitrogen and oxygen atoms in total. The van der Waals surface area contributed by atoms with E-state index in [2.05, 4.69) is 14.7 Å². The van der Waals surface area contributed by atoms with Gasteiger partial charge in [-0.1, -0.05) is 45.0 Å². The van der Waals surface area contributed by atoms with Crippen molar-refractivity contribution in [3.63, 3.8) is 0 Å². The molecule has 0 amide bonds. The molecule has 0 spiro atoms. The van der Waals surface area contributed by atoms with E-state index in [-0.39, 0.29) is 45.9 Å². The number of aromatic nitrogens is 2. The van der Waals surface area contributed by atoms with Crippen LogP contribution in [0.1, 0.15) is 64.9 Å². The third-order valence-electron chi connectivity index (χ3n) is 7.93. The predicted molar refractivity (Wildman–Crippen MR) is 202 cm³/mol. The van der Waals surface area contributed by atoms with E-state index in [0.29, 0.717) is 11.3 Å². The van der Waals surface area contributed by atoms with E-state index in [1.807, 2.05) is 26.2 Å². The number of nitrogens with zero attached hydrogens (tertiary/aromatic N) is 2. The van der Waals surface area contributed by atoms with Crippen LogP contribution in [0.4, 0.5) is 5.82 Å². The summed E-state index contributed by atoms with van der Waals surface area (Å²) in [5, 5.41) is 22.8. The molecule has 2 saturated heterocycles. The molecular weight excluding hydrogens is 707 g/mol. The molecule has 2 aliphatic rings. The van der Waals surface area contributed by atoms with Crippen LogP contribution in [-0.2, 0) is 24.9 Å². The molecule has 4 heterocycles. The molecule has 0 radical (unpaired) electrons. The first kappa shape index (κ1) is 41.0. The average molecular weight is 758 g/mol. The van der Waals surface area contributed by atoms with Gasteiger partial charge in [-0.3, -0.25) is 4.72 Å². The van der Waals surface area contributed by atoms with E-state index >= 15 is 0 Å². The normalized spacial score (nSPS) is 15.2. The summed E-state index contributed by atoms with van der Waals surface area (Å²) in [4.78, 5) is 8.97.